The predicted octanol–water partition coefficient (Wildman–Crippen LogP) is 2.03. The van der Waals surface area contributed by atoms with Crippen molar-refractivity contribution in [2.24, 2.45) is 9.98 Å². The quantitative estimate of drug-likeness (QED) is 0.860. The highest BCUT2D eigenvalue weighted by atomic mass is 16.1. The van der Waals surface area contributed by atoms with Gasteiger partial charge in [0.2, 0.25) is 0 Å². The summed E-state index contributed by atoms with van der Waals surface area (Å²) in [4.78, 5) is 21.7. The van der Waals surface area contributed by atoms with Gasteiger partial charge in [-0.1, -0.05) is 0 Å². The van der Waals surface area contributed by atoms with Gasteiger partial charge in [0.25, 0.3) is 5.91 Å². The molecule has 0 atom stereocenters. The predicted molar refractivity (Wildman–Crippen MR) is 86.1 cm³/mol. The van der Waals surface area contributed by atoms with Gasteiger partial charge in [-0.25, -0.2) is 4.99 Å². The van der Waals surface area contributed by atoms with Crippen molar-refractivity contribution in [3.8, 4) is 0 Å². The molecule has 1 aromatic carbocycles. The number of nitrogens with zero attached hydrogens (tertiary/aromatic N) is 4. The fourth-order valence-electron chi connectivity index (χ4n) is 2.73. The SMILES string of the molecule is C=NC(=O)c1ccc2[nH]nc(C3=CN4CCN=C4C=C3)c2c1. The maximum absolute atomic E-state index is 11.7. The van der Waals surface area contributed by atoms with Crippen molar-refractivity contribution >= 4 is 34.9 Å². The zero-order valence-electron chi connectivity index (χ0n) is 11.8. The van der Waals surface area contributed by atoms with Crippen molar-refractivity contribution in [1.82, 2.24) is 15.1 Å². The van der Waals surface area contributed by atoms with E-state index in [0.717, 1.165) is 41.1 Å². The molecule has 4 rings (SSSR count). The molecule has 0 spiro atoms. The molecular formula is C16H13N5O. The van der Waals surface area contributed by atoms with Crippen LogP contribution in [0, 0.1) is 0 Å². The fraction of sp³-hybridized carbons (Fsp3) is 0.125. The number of nitrogens with one attached hydrogen (secondary N) is 1. The normalized spacial score (nSPS) is 16.5. The molecule has 1 N–H and O–H groups in total. The Morgan fingerprint density at radius 2 is 2.27 bits per heavy atom. The van der Waals surface area contributed by atoms with E-state index in [1.54, 1.807) is 12.1 Å². The Kier molecular flexibility index (Phi) is 2.75. The molecule has 22 heavy (non-hydrogen) atoms. The number of amidine groups is 1. The number of aromatic nitrogens is 2. The van der Waals surface area contributed by atoms with Crippen molar-refractivity contribution in [2.75, 3.05) is 13.1 Å². The molecule has 0 aliphatic carbocycles. The monoisotopic (exact) mass is 291 g/mol. The number of allylic oxidation sites excluding steroid dienone is 2. The topological polar surface area (TPSA) is 73.7 Å². The third-order valence-corrected chi connectivity index (χ3v) is 3.84. The number of hydrogen-bond donors (Lipinski definition) is 1. The number of fused-ring (bicyclic) bond motifs is 2. The van der Waals surface area contributed by atoms with Crippen LogP contribution in [0.25, 0.3) is 16.5 Å². The summed E-state index contributed by atoms with van der Waals surface area (Å²) in [6.07, 6.45) is 6.03. The molecule has 0 radical (unpaired) electrons. The van der Waals surface area contributed by atoms with Crippen LogP contribution in [0.2, 0.25) is 0 Å². The number of rotatable bonds is 2. The van der Waals surface area contributed by atoms with E-state index in [2.05, 4.69) is 31.8 Å². The lowest BCUT2D eigenvalue weighted by molar-refractivity contribution is 0.100. The molecule has 108 valence electrons. The van der Waals surface area contributed by atoms with Gasteiger partial charge in [0.15, 0.2) is 0 Å². The van der Waals surface area contributed by atoms with Gasteiger partial charge in [0.1, 0.15) is 11.5 Å². The van der Waals surface area contributed by atoms with Crippen molar-refractivity contribution in [3.05, 3.63) is 47.8 Å². The zero-order valence-corrected chi connectivity index (χ0v) is 11.8. The summed E-state index contributed by atoms with van der Waals surface area (Å²) in [5.41, 5.74) is 3.19. The van der Waals surface area contributed by atoms with Crippen LogP contribution < -0.4 is 0 Å². The molecule has 6 heteroatoms. The minimum absolute atomic E-state index is 0.337. The zero-order chi connectivity index (χ0) is 15.1. The lowest BCUT2D eigenvalue weighted by Crippen LogP contribution is -2.22. The van der Waals surface area contributed by atoms with Crippen LogP contribution in [-0.4, -0.2) is 46.6 Å². The Bertz CT molecular complexity index is 887. The van der Waals surface area contributed by atoms with E-state index in [4.69, 9.17) is 0 Å². The van der Waals surface area contributed by atoms with Crippen LogP contribution in [0.3, 0.4) is 0 Å². The second-order valence-corrected chi connectivity index (χ2v) is 5.15. The maximum Gasteiger partial charge on any atom is 0.276 e. The molecule has 2 aromatic rings. The standard InChI is InChI=1S/C16H13N5O/c1-17-16(22)10-2-4-13-12(8-10)15(20-19-13)11-3-5-14-18-6-7-21(14)9-11/h2-5,8-9H,1,6-7H2,(H,19,20). The first-order valence-corrected chi connectivity index (χ1v) is 6.97. The smallest absolute Gasteiger partial charge is 0.276 e. The summed E-state index contributed by atoms with van der Waals surface area (Å²) in [7, 11) is 0. The summed E-state index contributed by atoms with van der Waals surface area (Å²) >= 11 is 0. The average Bonchev–Trinajstić information content (AvgIpc) is 3.18. The lowest BCUT2D eigenvalue weighted by atomic mass is 10.0. The molecule has 0 unspecified atom stereocenters. The summed E-state index contributed by atoms with van der Waals surface area (Å²) in [5, 5.41) is 8.28. The van der Waals surface area contributed by atoms with E-state index in [1.165, 1.54) is 0 Å². The number of H-pyrrole nitrogens is 1. The molecular weight excluding hydrogens is 278 g/mol. The molecule has 0 saturated carbocycles. The molecule has 1 aromatic heterocycles. The Hall–Kier alpha value is -3.02. The number of carbonyl (C=O) groups excluding carboxylic acids is 1. The number of aliphatic imine (C=N–C) groups is 2. The molecule has 3 heterocycles. The third-order valence-electron chi connectivity index (χ3n) is 3.84. The van der Waals surface area contributed by atoms with E-state index in [1.807, 2.05) is 24.4 Å². The molecule has 1 amide bonds. The van der Waals surface area contributed by atoms with Crippen molar-refractivity contribution in [1.29, 1.82) is 0 Å². The van der Waals surface area contributed by atoms with Crippen LogP contribution in [-0.2, 0) is 0 Å². The molecule has 6 nitrogen and oxygen atoms in total. The van der Waals surface area contributed by atoms with Crippen molar-refractivity contribution in [2.45, 2.75) is 0 Å². The minimum atomic E-state index is -0.337. The number of benzene rings is 1. The molecule has 0 saturated heterocycles. The summed E-state index contributed by atoms with van der Waals surface area (Å²) in [6.45, 7) is 4.99. The number of carbonyl (C=O) groups is 1. The highest BCUT2D eigenvalue weighted by Gasteiger charge is 2.19. The minimum Gasteiger partial charge on any atom is -0.331 e. The fourth-order valence-corrected chi connectivity index (χ4v) is 2.73. The van der Waals surface area contributed by atoms with Crippen LogP contribution in [0.4, 0.5) is 0 Å². The highest BCUT2D eigenvalue weighted by molar-refractivity contribution is 6.05. The van der Waals surface area contributed by atoms with Gasteiger partial charge in [-0.15, -0.1) is 0 Å². The van der Waals surface area contributed by atoms with Gasteiger partial charge in [0, 0.05) is 29.3 Å². The first-order chi connectivity index (χ1) is 10.8. The van der Waals surface area contributed by atoms with Gasteiger partial charge >= 0.3 is 0 Å². The first-order valence-electron chi connectivity index (χ1n) is 6.97. The number of hydrogen-bond acceptors (Lipinski definition) is 4. The van der Waals surface area contributed by atoms with Crippen molar-refractivity contribution in [3.63, 3.8) is 0 Å². The van der Waals surface area contributed by atoms with Gasteiger partial charge in [0.05, 0.1) is 12.1 Å². The van der Waals surface area contributed by atoms with Crippen molar-refractivity contribution < 1.29 is 4.79 Å². The van der Waals surface area contributed by atoms with E-state index in [-0.39, 0.29) is 5.91 Å². The lowest BCUT2D eigenvalue weighted by Gasteiger charge is -2.18. The van der Waals surface area contributed by atoms with E-state index < -0.39 is 0 Å². The van der Waals surface area contributed by atoms with Gasteiger partial charge in [-0.2, -0.15) is 5.10 Å². The maximum atomic E-state index is 11.7. The Morgan fingerprint density at radius 1 is 1.36 bits per heavy atom. The van der Waals surface area contributed by atoms with Crippen LogP contribution in [0.5, 0.6) is 0 Å². The summed E-state index contributed by atoms with van der Waals surface area (Å²) in [5.74, 6) is 0.645. The summed E-state index contributed by atoms with van der Waals surface area (Å²) < 4.78 is 0. The largest absolute Gasteiger partial charge is 0.331 e. The Labute approximate surface area is 126 Å². The average molecular weight is 291 g/mol. The molecule has 2 aliphatic rings. The van der Waals surface area contributed by atoms with Crippen LogP contribution >= 0.6 is 0 Å². The van der Waals surface area contributed by atoms with E-state index in [0.29, 0.717) is 5.56 Å². The number of amides is 1. The van der Waals surface area contributed by atoms with Gasteiger partial charge in [-0.05, 0) is 37.1 Å². The third kappa shape index (κ3) is 1.88. The highest BCUT2D eigenvalue weighted by Crippen LogP contribution is 2.28. The molecule has 2 aliphatic heterocycles. The Balaban J connectivity index is 1.82. The van der Waals surface area contributed by atoms with Crippen LogP contribution in [0.15, 0.2) is 46.5 Å². The number of aromatic amines is 1. The second-order valence-electron chi connectivity index (χ2n) is 5.15. The van der Waals surface area contributed by atoms with Gasteiger partial charge < -0.3 is 4.90 Å². The molecule has 0 fully saturated rings. The van der Waals surface area contributed by atoms with E-state index >= 15 is 0 Å². The molecule has 0 bridgehead atoms. The second kappa shape index (κ2) is 4.77. The Morgan fingerprint density at radius 3 is 3.14 bits per heavy atom. The van der Waals surface area contributed by atoms with E-state index in [9.17, 15) is 4.79 Å². The first kappa shape index (κ1) is 12.7. The van der Waals surface area contributed by atoms with Crippen LogP contribution in [0.1, 0.15) is 16.1 Å². The van der Waals surface area contributed by atoms with Gasteiger partial charge in [-0.3, -0.25) is 14.9 Å². The summed E-state index contributed by atoms with van der Waals surface area (Å²) in [6, 6.07) is 5.35.